The molecule has 3 aromatic carbocycles. The van der Waals surface area contributed by atoms with E-state index in [1.807, 2.05) is 24.3 Å². The fraction of sp³-hybridized carbons (Fsp3) is 0.250. The van der Waals surface area contributed by atoms with Gasteiger partial charge in [0.25, 0.3) is 11.8 Å². The molecule has 2 amide bonds. The van der Waals surface area contributed by atoms with Crippen LogP contribution in [0, 0.1) is 0 Å². The molecule has 0 aliphatic heterocycles. The molecule has 0 aliphatic carbocycles. The van der Waals surface area contributed by atoms with E-state index in [4.69, 9.17) is 21.7 Å². The molecule has 0 bridgehead atoms. The molecule has 194 valence electrons. The fourth-order valence-electron chi connectivity index (χ4n) is 3.29. The Labute approximate surface area is 231 Å². The molecule has 0 aliphatic rings. The van der Waals surface area contributed by atoms with E-state index in [2.05, 4.69) is 52.7 Å². The second kappa shape index (κ2) is 12.8. The lowest BCUT2D eigenvalue weighted by Gasteiger charge is -2.19. The van der Waals surface area contributed by atoms with Crippen LogP contribution in [0.2, 0.25) is 0 Å². The minimum Gasteiger partial charge on any atom is -0.490 e. The van der Waals surface area contributed by atoms with E-state index in [9.17, 15) is 9.59 Å². The maximum Gasteiger partial charge on any atom is 0.257 e. The zero-order valence-corrected chi connectivity index (χ0v) is 23.6. The van der Waals surface area contributed by atoms with E-state index >= 15 is 0 Å². The minimum atomic E-state index is -0.358. The highest BCUT2D eigenvalue weighted by atomic mass is 79.9. The zero-order valence-electron chi connectivity index (χ0n) is 21.2. The molecule has 0 heterocycles. The minimum absolute atomic E-state index is 0.0262. The standard InChI is InChI=1S/C28H30BrN3O4S/c1-28(2,3)20-8-5-18(6-9-20)25(33)30-21-10-12-22(13-11-21)31-27(37)32-26(34)19-7-14-24(23(29)17-19)36-16-15-35-4/h5-14,17H,15-16H2,1-4H3,(H,30,33)(H2,31,32,34,37). The van der Waals surface area contributed by atoms with Crippen molar-refractivity contribution in [3.63, 3.8) is 0 Å². The van der Waals surface area contributed by atoms with E-state index in [1.165, 1.54) is 5.56 Å². The van der Waals surface area contributed by atoms with Gasteiger partial charge >= 0.3 is 0 Å². The molecule has 0 atom stereocenters. The molecule has 37 heavy (non-hydrogen) atoms. The largest absolute Gasteiger partial charge is 0.490 e. The van der Waals surface area contributed by atoms with Gasteiger partial charge in [0.05, 0.1) is 11.1 Å². The summed E-state index contributed by atoms with van der Waals surface area (Å²) in [6, 6.07) is 19.7. The Hall–Kier alpha value is -3.27. The molecule has 0 spiro atoms. The third kappa shape index (κ3) is 8.38. The summed E-state index contributed by atoms with van der Waals surface area (Å²) in [4.78, 5) is 25.2. The summed E-state index contributed by atoms with van der Waals surface area (Å²) < 4.78 is 11.2. The summed E-state index contributed by atoms with van der Waals surface area (Å²) >= 11 is 8.69. The highest BCUT2D eigenvalue weighted by molar-refractivity contribution is 9.10. The zero-order chi connectivity index (χ0) is 27.0. The molecular formula is C28H30BrN3O4S. The highest BCUT2D eigenvalue weighted by Gasteiger charge is 2.15. The van der Waals surface area contributed by atoms with Crippen LogP contribution in [-0.4, -0.2) is 37.3 Å². The molecule has 0 radical (unpaired) electrons. The predicted molar refractivity (Wildman–Crippen MR) is 155 cm³/mol. The maximum atomic E-state index is 12.6. The van der Waals surface area contributed by atoms with Gasteiger partial charge in [0, 0.05) is 29.6 Å². The Morgan fingerprint density at radius 2 is 1.43 bits per heavy atom. The number of methoxy groups -OCH3 is 1. The van der Waals surface area contributed by atoms with Crippen molar-refractivity contribution in [3.05, 3.63) is 87.9 Å². The summed E-state index contributed by atoms with van der Waals surface area (Å²) in [6.07, 6.45) is 0. The molecular weight excluding hydrogens is 554 g/mol. The van der Waals surface area contributed by atoms with Gasteiger partial charge in [-0.15, -0.1) is 0 Å². The van der Waals surface area contributed by atoms with Crippen LogP contribution in [0.4, 0.5) is 11.4 Å². The number of thiocarbonyl (C=S) groups is 1. The normalized spacial score (nSPS) is 10.9. The van der Waals surface area contributed by atoms with Gasteiger partial charge < -0.3 is 20.1 Å². The van der Waals surface area contributed by atoms with Gasteiger partial charge in [-0.05, 0) is 93.7 Å². The molecule has 0 saturated heterocycles. The van der Waals surface area contributed by atoms with Crippen LogP contribution < -0.4 is 20.7 Å². The van der Waals surface area contributed by atoms with Crippen molar-refractivity contribution in [1.29, 1.82) is 0 Å². The Morgan fingerprint density at radius 1 is 0.838 bits per heavy atom. The third-order valence-corrected chi connectivity index (χ3v) is 6.20. The topological polar surface area (TPSA) is 88.7 Å². The lowest BCUT2D eigenvalue weighted by atomic mass is 9.87. The van der Waals surface area contributed by atoms with Gasteiger partial charge in [-0.3, -0.25) is 14.9 Å². The number of carbonyl (C=O) groups excluding carboxylic acids is 2. The van der Waals surface area contributed by atoms with Gasteiger partial charge in [0.2, 0.25) is 0 Å². The number of ether oxygens (including phenoxy) is 2. The van der Waals surface area contributed by atoms with Crippen LogP contribution in [-0.2, 0) is 10.2 Å². The van der Waals surface area contributed by atoms with E-state index in [0.717, 1.165) is 0 Å². The van der Waals surface area contributed by atoms with Crippen molar-refractivity contribution in [2.24, 2.45) is 0 Å². The molecule has 0 fully saturated rings. The quantitative estimate of drug-likeness (QED) is 0.218. The van der Waals surface area contributed by atoms with Gasteiger partial charge in [-0.2, -0.15) is 0 Å². The molecule has 0 unspecified atom stereocenters. The Morgan fingerprint density at radius 3 is 2.00 bits per heavy atom. The van der Waals surface area contributed by atoms with Crippen molar-refractivity contribution in [2.45, 2.75) is 26.2 Å². The fourth-order valence-corrected chi connectivity index (χ4v) is 4.00. The Kier molecular flexibility index (Phi) is 9.79. The van der Waals surface area contributed by atoms with Crippen LogP contribution in [0.5, 0.6) is 5.75 Å². The van der Waals surface area contributed by atoms with Crippen molar-refractivity contribution >= 4 is 56.4 Å². The summed E-state index contributed by atoms with van der Waals surface area (Å²) in [5, 5.41) is 8.66. The van der Waals surface area contributed by atoms with Gasteiger partial charge in [-0.25, -0.2) is 0 Å². The second-order valence-corrected chi connectivity index (χ2v) is 10.5. The first kappa shape index (κ1) is 28.3. The molecule has 3 N–H and O–H groups in total. The average Bonchev–Trinajstić information content (AvgIpc) is 2.85. The number of amides is 2. The van der Waals surface area contributed by atoms with E-state index in [0.29, 0.717) is 45.9 Å². The number of hydrogen-bond acceptors (Lipinski definition) is 5. The van der Waals surface area contributed by atoms with Crippen LogP contribution >= 0.6 is 28.1 Å². The van der Waals surface area contributed by atoms with Crippen LogP contribution in [0.3, 0.4) is 0 Å². The van der Waals surface area contributed by atoms with Crippen molar-refractivity contribution in [3.8, 4) is 5.75 Å². The smallest absolute Gasteiger partial charge is 0.257 e. The molecule has 3 rings (SSSR count). The summed E-state index contributed by atoms with van der Waals surface area (Å²) in [5.41, 5.74) is 3.51. The molecule has 3 aromatic rings. The van der Waals surface area contributed by atoms with Gasteiger partial charge in [0.15, 0.2) is 5.11 Å². The van der Waals surface area contributed by atoms with Crippen molar-refractivity contribution in [1.82, 2.24) is 5.32 Å². The number of carbonyl (C=O) groups is 2. The number of hydrogen-bond donors (Lipinski definition) is 3. The van der Waals surface area contributed by atoms with Crippen LogP contribution in [0.25, 0.3) is 0 Å². The lowest BCUT2D eigenvalue weighted by molar-refractivity contribution is 0.0976. The first-order valence-corrected chi connectivity index (χ1v) is 12.8. The number of anilines is 2. The lowest BCUT2D eigenvalue weighted by Crippen LogP contribution is -2.34. The maximum absolute atomic E-state index is 12.6. The van der Waals surface area contributed by atoms with Crippen LogP contribution in [0.15, 0.2) is 71.2 Å². The predicted octanol–water partition coefficient (Wildman–Crippen LogP) is 6.15. The summed E-state index contributed by atoms with van der Waals surface area (Å²) in [5.74, 6) is 0.0663. The summed E-state index contributed by atoms with van der Waals surface area (Å²) in [7, 11) is 1.60. The van der Waals surface area contributed by atoms with Crippen molar-refractivity contribution in [2.75, 3.05) is 31.0 Å². The Balaban J connectivity index is 1.52. The first-order chi connectivity index (χ1) is 17.6. The van der Waals surface area contributed by atoms with E-state index in [-0.39, 0.29) is 22.3 Å². The molecule has 9 heteroatoms. The third-order valence-electron chi connectivity index (χ3n) is 5.38. The van der Waals surface area contributed by atoms with E-state index < -0.39 is 0 Å². The monoisotopic (exact) mass is 583 g/mol. The highest BCUT2D eigenvalue weighted by Crippen LogP contribution is 2.26. The molecule has 0 saturated carbocycles. The first-order valence-electron chi connectivity index (χ1n) is 11.6. The SMILES string of the molecule is COCCOc1ccc(C(=O)NC(=S)Nc2ccc(NC(=O)c3ccc(C(C)(C)C)cc3)cc2)cc1Br. The van der Waals surface area contributed by atoms with Gasteiger partial charge in [-0.1, -0.05) is 32.9 Å². The average molecular weight is 585 g/mol. The second-order valence-electron chi connectivity index (χ2n) is 9.25. The Bertz CT molecular complexity index is 1260. The number of benzene rings is 3. The van der Waals surface area contributed by atoms with Gasteiger partial charge in [0.1, 0.15) is 12.4 Å². The van der Waals surface area contributed by atoms with Crippen LogP contribution in [0.1, 0.15) is 47.1 Å². The van der Waals surface area contributed by atoms with Crippen molar-refractivity contribution < 1.29 is 19.1 Å². The summed E-state index contributed by atoms with van der Waals surface area (Å²) in [6.45, 7) is 7.26. The van der Waals surface area contributed by atoms with E-state index in [1.54, 1.807) is 49.6 Å². The number of nitrogens with one attached hydrogen (secondary N) is 3. The number of halogens is 1. The number of rotatable bonds is 8. The molecule has 7 nitrogen and oxygen atoms in total. The molecule has 0 aromatic heterocycles.